The van der Waals surface area contributed by atoms with E-state index in [4.69, 9.17) is 0 Å². The molecule has 4 aromatic rings. The fourth-order valence-corrected chi connectivity index (χ4v) is 3.62. The van der Waals surface area contributed by atoms with Gasteiger partial charge < -0.3 is 9.55 Å². The number of nitrogens with zero attached hydrogens (tertiary/aromatic N) is 4. The van der Waals surface area contributed by atoms with Gasteiger partial charge in [0.15, 0.2) is 21.5 Å². The van der Waals surface area contributed by atoms with Crippen molar-refractivity contribution < 1.29 is 0 Å². The van der Waals surface area contributed by atoms with Crippen molar-refractivity contribution in [3.8, 4) is 0 Å². The Balaban J connectivity index is 1.90. The number of rotatable bonds is 4. The average molecular weight is 368 g/mol. The molecule has 26 heavy (non-hydrogen) atoms. The zero-order valence-electron chi connectivity index (χ0n) is 14.2. The van der Waals surface area contributed by atoms with Crippen LogP contribution in [0.3, 0.4) is 0 Å². The van der Waals surface area contributed by atoms with Gasteiger partial charge in [-0.3, -0.25) is 14.3 Å². The predicted molar refractivity (Wildman–Crippen MR) is 101 cm³/mol. The molecule has 0 aliphatic heterocycles. The third-order valence-electron chi connectivity index (χ3n) is 4.05. The van der Waals surface area contributed by atoms with Crippen LogP contribution in [0.1, 0.15) is 6.92 Å². The molecule has 0 bridgehead atoms. The first-order valence-electron chi connectivity index (χ1n) is 8.02. The van der Waals surface area contributed by atoms with E-state index in [1.807, 2.05) is 43.3 Å². The van der Waals surface area contributed by atoms with Gasteiger partial charge in [-0.15, -0.1) is 0 Å². The van der Waals surface area contributed by atoms with Crippen LogP contribution in [0.25, 0.3) is 22.2 Å². The summed E-state index contributed by atoms with van der Waals surface area (Å²) in [6, 6.07) is 7.73. The van der Waals surface area contributed by atoms with Crippen molar-refractivity contribution in [1.29, 1.82) is 0 Å². The second-order valence-corrected chi connectivity index (χ2v) is 6.68. The summed E-state index contributed by atoms with van der Waals surface area (Å²) in [4.78, 5) is 38.9. The fourth-order valence-electron chi connectivity index (χ4n) is 2.74. The van der Waals surface area contributed by atoms with Gasteiger partial charge in [-0.05, 0) is 30.8 Å². The van der Waals surface area contributed by atoms with E-state index < -0.39 is 11.2 Å². The summed E-state index contributed by atoms with van der Waals surface area (Å²) in [5.74, 6) is 0. The molecule has 2 N–H and O–H groups in total. The molecule has 0 saturated heterocycles. The molecule has 0 saturated carbocycles. The summed E-state index contributed by atoms with van der Waals surface area (Å²) < 4.78 is 3.12. The van der Waals surface area contributed by atoms with Gasteiger partial charge >= 0.3 is 5.69 Å². The number of nitrogens with one attached hydrogen (secondary N) is 2. The number of aromatic nitrogens is 6. The maximum absolute atomic E-state index is 12.4. The Morgan fingerprint density at radius 3 is 2.77 bits per heavy atom. The molecule has 3 heterocycles. The highest BCUT2D eigenvalue weighted by Gasteiger charge is 2.18. The second-order valence-electron chi connectivity index (χ2n) is 5.73. The van der Waals surface area contributed by atoms with Crippen molar-refractivity contribution in [2.75, 3.05) is 0 Å². The van der Waals surface area contributed by atoms with Gasteiger partial charge in [-0.2, -0.15) is 0 Å². The highest BCUT2D eigenvalue weighted by Crippen LogP contribution is 2.28. The summed E-state index contributed by atoms with van der Waals surface area (Å²) in [6.07, 6.45) is 3.83. The largest absolute Gasteiger partial charge is 0.333 e. The quantitative estimate of drug-likeness (QED) is 0.537. The Morgan fingerprint density at radius 1 is 1.19 bits per heavy atom. The van der Waals surface area contributed by atoms with Crippen LogP contribution >= 0.6 is 11.8 Å². The minimum atomic E-state index is -0.488. The molecule has 0 aliphatic carbocycles. The highest BCUT2D eigenvalue weighted by molar-refractivity contribution is 7.99. The van der Waals surface area contributed by atoms with E-state index in [0.717, 1.165) is 11.0 Å². The van der Waals surface area contributed by atoms with Gasteiger partial charge in [0.1, 0.15) is 0 Å². The van der Waals surface area contributed by atoms with Gasteiger partial charge in [0, 0.05) is 13.6 Å². The van der Waals surface area contributed by atoms with Crippen LogP contribution in [0.2, 0.25) is 0 Å². The normalized spacial score (nSPS) is 11.9. The molecule has 4 rings (SSSR count). The molecule has 1 aromatic carbocycles. The van der Waals surface area contributed by atoms with E-state index in [1.165, 1.54) is 16.3 Å². The SMILES string of the molecule is C/C=C/Cn1c(Sc2nc3ccccc3[nH]2)nc2c1c(=O)[nH]c(=O)n2C. The smallest absolute Gasteiger partial charge is 0.329 e. The molecule has 9 heteroatoms. The first-order chi connectivity index (χ1) is 12.6. The molecule has 0 amide bonds. The van der Waals surface area contributed by atoms with Crippen molar-refractivity contribution in [1.82, 2.24) is 29.1 Å². The number of H-pyrrole nitrogens is 2. The van der Waals surface area contributed by atoms with E-state index in [2.05, 4.69) is 19.9 Å². The van der Waals surface area contributed by atoms with Gasteiger partial charge in [0.05, 0.1) is 11.0 Å². The number of fused-ring (bicyclic) bond motifs is 2. The zero-order chi connectivity index (χ0) is 18.3. The maximum atomic E-state index is 12.4. The summed E-state index contributed by atoms with van der Waals surface area (Å²) in [7, 11) is 1.59. The Bertz CT molecular complexity index is 1230. The summed E-state index contributed by atoms with van der Waals surface area (Å²) >= 11 is 1.32. The summed E-state index contributed by atoms with van der Waals surface area (Å²) in [5.41, 5.74) is 1.56. The number of hydrogen-bond donors (Lipinski definition) is 2. The molecule has 0 radical (unpaired) electrons. The predicted octanol–water partition coefficient (Wildman–Crippen LogP) is 2.03. The molecular formula is C17H16N6O2S. The van der Waals surface area contributed by atoms with E-state index in [1.54, 1.807) is 11.6 Å². The number of benzene rings is 1. The molecule has 0 aliphatic rings. The summed E-state index contributed by atoms with van der Waals surface area (Å²) in [6.45, 7) is 2.38. The van der Waals surface area contributed by atoms with Crippen LogP contribution < -0.4 is 11.2 Å². The van der Waals surface area contributed by atoms with Gasteiger partial charge in [0.2, 0.25) is 0 Å². The van der Waals surface area contributed by atoms with Crippen LogP contribution in [0.15, 0.2) is 56.3 Å². The van der Waals surface area contributed by atoms with Crippen LogP contribution in [0.4, 0.5) is 0 Å². The van der Waals surface area contributed by atoms with Gasteiger partial charge in [0.25, 0.3) is 5.56 Å². The fraction of sp³-hybridized carbons (Fsp3) is 0.176. The Labute approximate surface area is 151 Å². The molecule has 0 spiro atoms. The van der Waals surface area contributed by atoms with Crippen molar-refractivity contribution in [2.24, 2.45) is 7.05 Å². The van der Waals surface area contributed by atoms with E-state index in [0.29, 0.717) is 28.0 Å². The lowest BCUT2D eigenvalue weighted by Crippen LogP contribution is -2.29. The summed E-state index contributed by atoms with van der Waals surface area (Å²) in [5, 5.41) is 1.26. The topological polar surface area (TPSA) is 101 Å². The Hall–Kier alpha value is -3.07. The molecule has 8 nitrogen and oxygen atoms in total. The lowest BCUT2D eigenvalue weighted by atomic mass is 10.3. The minimum Gasteiger partial charge on any atom is -0.333 e. The van der Waals surface area contributed by atoms with Crippen molar-refractivity contribution in [3.63, 3.8) is 0 Å². The van der Waals surface area contributed by atoms with Gasteiger partial charge in [-0.1, -0.05) is 24.3 Å². The molecular weight excluding hydrogens is 352 g/mol. The molecule has 132 valence electrons. The van der Waals surface area contributed by atoms with Crippen LogP contribution in [-0.4, -0.2) is 29.1 Å². The molecule has 0 unspecified atom stereocenters. The van der Waals surface area contributed by atoms with Crippen molar-refractivity contribution >= 4 is 34.0 Å². The number of para-hydroxylation sites is 2. The van der Waals surface area contributed by atoms with Crippen LogP contribution in [-0.2, 0) is 13.6 Å². The third-order valence-corrected chi connectivity index (χ3v) is 4.93. The van der Waals surface area contributed by atoms with E-state index >= 15 is 0 Å². The first-order valence-corrected chi connectivity index (χ1v) is 8.83. The monoisotopic (exact) mass is 368 g/mol. The average Bonchev–Trinajstić information content (AvgIpc) is 3.19. The highest BCUT2D eigenvalue weighted by atomic mass is 32.2. The Kier molecular flexibility index (Phi) is 4.00. The van der Waals surface area contributed by atoms with E-state index in [9.17, 15) is 9.59 Å². The van der Waals surface area contributed by atoms with Crippen molar-refractivity contribution in [3.05, 3.63) is 57.3 Å². The number of imidazole rings is 2. The van der Waals surface area contributed by atoms with E-state index in [-0.39, 0.29) is 0 Å². The first kappa shape index (κ1) is 16.4. The lowest BCUT2D eigenvalue weighted by molar-refractivity contribution is 0.742. The molecule has 3 aromatic heterocycles. The van der Waals surface area contributed by atoms with Crippen LogP contribution in [0, 0.1) is 0 Å². The number of hydrogen-bond acceptors (Lipinski definition) is 5. The third kappa shape index (κ3) is 2.66. The van der Waals surface area contributed by atoms with Crippen LogP contribution in [0.5, 0.6) is 0 Å². The van der Waals surface area contributed by atoms with Gasteiger partial charge in [-0.25, -0.2) is 14.8 Å². The number of allylic oxidation sites excluding steroid dienone is 2. The lowest BCUT2D eigenvalue weighted by Gasteiger charge is -2.04. The maximum Gasteiger partial charge on any atom is 0.329 e. The number of aromatic amines is 2. The Morgan fingerprint density at radius 2 is 2.00 bits per heavy atom. The standard InChI is InChI=1S/C17H16N6O2S/c1-3-4-9-23-12-13(22(2)16(25)21-14(12)24)20-17(23)26-15-18-10-7-5-6-8-11(10)19-15/h3-8H,9H2,1-2H3,(H,18,19)(H,21,24,25)/b4-3+. The second kappa shape index (κ2) is 6.34. The molecule has 0 atom stereocenters. The van der Waals surface area contributed by atoms with Crippen molar-refractivity contribution in [2.45, 2.75) is 23.8 Å². The molecule has 0 fully saturated rings. The minimum absolute atomic E-state index is 0.349. The number of aryl methyl sites for hydroxylation is 1. The zero-order valence-corrected chi connectivity index (χ0v) is 15.0.